The lowest BCUT2D eigenvalue weighted by Gasteiger charge is -2.01. The SMILES string of the molecule is NCc1c[nH]cc1-c1cccc(Cl)c1. The zero-order valence-electron chi connectivity index (χ0n) is 7.63. The summed E-state index contributed by atoms with van der Waals surface area (Å²) in [5.41, 5.74) is 8.94. The number of halogens is 1. The van der Waals surface area contributed by atoms with Crippen molar-refractivity contribution < 1.29 is 0 Å². The summed E-state index contributed by atoms with van der Waals surface area (Å²) < 4.78 is 0. The first-order valence-corrected chi connectivity index (χ1v) is 4.80. The minimum absolute atomic E-state index is 0.533. The van der Waals surface area contributed by atoms with Crippen molar-refractivity contribution in [1.82, 2.24) is 4.98 Å². The van der Waals surface area contributed by atoms with Gasteiger partial charge in [-0.15, -0.1) is 0 Å². The predicted molar refractivity (Wildman–Crippen MR) is 59.1 cm³/mol. The van der Waals surface area contributed by atoms with E-state index in [1.54, 1.807) is 0 Å². The van der Waals surface area contributed by atoms with Crippen LogP contribution >= 0.6 is 11.6 Å². The molecule has 1 aromatic carbocycles. The van der Waals surface area contributed by atoms with Gasteiger partial charge in [0, 0.05) is 29.5 Å². The second-order valence-electron chi connectivity index (χ2n) is 3.11. The summed E-state index contributed by atoms with van der Waals surface area (Å²) in [6.07, 6.45) is 3.85. The number of rotatable bonds is 2. The van der Waals surface area contributed by atoms with Gasteiger partial charge < -0.3 is 10.7 Å². The van der Waals surface area contributed by atoms with Crippen molar-refractivity contribution in [2.45, 2.75) is 6.54 Å². The molecule has 1 heterocycles. The third kappa shape index (κ3) is 1.67. The third-order valence-electron chi connectivity index (χ3n) is 2.19. The molecule has 0 saturated carbocycles. The highest BCUT2D eigenvalue weighted by atomic mass is 35.5. The van der Waals surface area contributed by atoms with E-state index in [0.29, 0.717) is 6.54 Å². The fourth-order valence-corrected chi connectivity index (χ4v) is 1.68. The zero-order valence-corrected chi connectivity index (χ0v) is 8.38. The van der Waals surface area contributed by atoms with Gasteiger partial charge in [0.05, 0.1) is 0 Å². The molecule has 14 heavy (non-hydrogen) atoms. The first-order valence-electron chi connectivity index (χ1n) is 4.43. The van der Waals surface area contributed by atoms with Crippen LogP contribution < -0.4 is 5.73 Å². The number of aromatic nitrogens is 1. The van der Waals surface area contributed by atoms with Crippen LogP contribution in [-0.2, 0) is 6.54 Å². The topological polar surface area (TPSA) is 41.8 Å². The second-order valence-corrected chi connectivity index (χ2v) is 3.55. The Bertz CT molecular complexity index is 434. The van der Waals surface area contributed by atoms with Gasteiger partial charge in [-0.25, -0.2) is 0 Å². The predicted octanol–water partition coefficient (Wildman–Crippen LogP) is 2.79. The molecule has 1 aromatic heterocycles. The molecule has 2 nitrogen and oxygen atoms in total. The van der Waals surface area contributed by atoms with Crippen LogP contribution in [0.25, 0.3) is 11.1 Å². The molecule has 72 valence electrons. The van der Waals surface area contributed by atoms with Crippen LogP contribution in [0.4, 0.5) is 0 Å². The quantitative estimate of drug-likeness (QED) is 0.780. The summed E-state index contributed by atoms with van der Waals surface area (Å²) in [6, 6.07) is 7.75. The standard InChI is InChI=1S/C11H11ClN2/c12-10-3-1-2-8(4-10)11-7-14-6-9(11)5-13/h1-4,6-7,14H,5,13H2. The molecule has 3 N–H and O–H groups in total. The van der Waals surface area contributed by atoms with Crippen molar-refractivity contribution in [2.75, 3.05) is 0 Å². The molecule has 0 saturated heterocycles. The minimum atomic E-state index is 0.533. The highest BCUT2D eigenvalue weighted by Crippen LogP contribution is 2.25. The zero-order chi connectivity index (χ0) is 9.97. The van der Waals surface area contributed by atoms with E-state index < -0.39 is 0 Å². The van der Waals surface area contributed by atoms with Gasteiger partial charge in [0.25, 0.3) is 0 Å². The molecular formula is C11H11ClN2. The van der Waals surface area contributed by atoms with Gasteiger partial charge in [0.1, 0.15) is 0 Å². The smallest absolute Gasteiger partial charge is 0.0412 e. The van der Waals surface area contributed by atoms with Crippen molar-refractivity contribution in [3.8, 4) is 11.1 Å². The second kappa shape index (κ2) is 3.86. The average molecular weight is 207 g/mol. The lowest BCUT2D eigenvalue weighted by molar-refractivity contribution is 1.08. The summed E-state index contributed by atoms with van der Waals surface area (Å²) in [5.74, 6) is 0. The lowest BCUT2D eigenvalue weighted by Crippen LogP contribution is -1.95. The third-order valence-corrected chi connectivity index (χ3v) is 2.42. The average Bonchev–Trinajstić information content (AvgIpc) is 2.65. The van der Waals surface area contributed by atoms with Crippen molar-refractivity contribution in [1.29, 1.82) is 0 Å². The Morgan fingerprint density at radius 2 is 2.14 bits per heavy atom. The Morgan fingerprint density at radius 3 is 2.86 bits per heavy atom. The van der Waals surface area contributed by atoms with Gasteiger partial charge in [-0.05, 0) is 23.3 Å². The van der Waals surface area contributed by atoms with Crippen LogP contribution in [0.1, 0.15) is 5.56 Å². The number of H-pyrrole nitrogens is 1. The molecule has 0 spiro atoms. The number of nitrogens with two attached hydrogens (primary N) is 1. The Kier molecular flexibility index (Phi) is 2.57. The van der Waals surface area contributed by atoms with Gasteiger partial charge >= 0.3 is 0 Å². The van der Waals surface area contributed by atoms with Crippen molar-refractivity contribution in [3.05, 3.63) is 47.2 Å². The Balaban J connectivity index is 2.49. The van der Waals surface area contributed by atoms with Crippen molar-refractivity contribution in [2.24, 2.45) is 5.73 Å². The van der Waals surface area contributed by atoms with E-state index in [9.17, 15) is 0 Å². The lowest BCUT2D eigenvalue weighted by atomic mass is 10.1. The molecule has 0 radical (unpaired) electrons. The molecule has 0 fully saturated rings. The fourth-order valence-electron chi connectivity index (χ4n) is 1.49. The van der Waals surface area contributed by atoms with E-state index >= 15 is 0 Å². The van der Waals surface area contributed by atoms with Crippen molar-refractivity contribution >= 4 is 11.6 Å². The Morgan fingerprint density at radius 1 is 1.29 bits per heavy atom. The van der Waals surface area contributed by atoms with Crippen molar-refractivity contribution in [3.63, 3.8) is 0 Å². The maximum Gasteiger partial charge on any atom is 0.0412 e. The van der Waals surface area contributed by atoms with Gasteiger partial charge in [0.2, 0.25) is 0 Å². The number of hydrogen-bond acceptors (Lipinski definition) is 1. The van der Waals surface area contributed by atoms with Crippen LogP contribution in [0.15, 0.2) is 36.7 Å². The van der Waals surface area contributed by atoms with E-state index in [1.807, 2.05) is 36.7 Å². The summed E-state index contributed by atoms with van der Waals surface area (Å²) in [6.45, 7) is 0.533. The number of benzene rings is 1. The maximum absolute atomic E-state index is 5.92. The number of nitrogens with one attached hydrogen (secondary N) is 1. The molecular weight excluding hydrogens is 196 g/mol. The Hall–Kier alpha value is -1.25. The molecule has 0 unspecified atom stereocenters. The summed E-state index contributed by atoms with van der Waals surface area (Å²) in [5, 5.41) is 0.742. The largest absolute Gasteiger partial charge is 0.367 e. The molecule has 0 aliphatic carbocycles. The normalized spacial score (nSPS) is 10.4. The van der Waals surface area contributed by atoms with E-state index in [0.717, 1.165) is 21.7 Å². The monoisotopic (exact) mass is 206 g/mol. The highest BCUT2D eigenvalue weighted by Gasteiger charge is 2.04. The molecule has 0 aliphatic rings. The summed E-state index contributed by atoms with van der Waals surface area (Å²) in [4.78, 5) is 3.04. The molecule has 0 amide bonds. The van der Waals surface area contributed by atoms with Gasteiger partial charge in [-0.3, -0.25) is 0 Å². The van der Waals surface area contributed by atoms with Crippen LogP contribution in [0.2, 0.25) is 5.02 Å². The summed E-state index contributed by atoms with van der Waals surface area (Å²) >= 11 is 5.92. The highest BCUT2D eigenvalue weighted by molar-refractivity contribution is 6.30. The van der Waals surface area contributed by atoms with Crippen LogP contribution in [0.5, 0.6) is 0 Å². The van der Waals surface area contributed by atoms with Crippen LogP contribution in [-0.4, -0.2) is 4.98 Å². The molecule has 2 rings (SSSR count). The van der Waals surface area contributed by atoms with E-state index in [2.05, 4.69) is 4.98 Å². The molecule has 3 heteroatoms. The maximum atomic E-state index is 5.92. The van der Waals surface area contributed by atoms with Gasteiger partial charge in [-0.1, -0.05) is 23.7 Å². The minimum Gasteiger partial charge on any atom is -0.367 e. The van der Waals surface area contributed by atoms with E-state index in [-0.39, 0.29) is 0 Å². The molecule has 0 aliphatic heterocycles. The first-order chi connectivity index (χ1) is 6.81. The summed E-state index contributed by atoms with van der Waals surface area (Å²) in [7, 11) is 0. The van der Waals surface area contributed by atoms with Crippen LogP contribution in [0.3, 0.4) is 0 Å². The van der Waals surface area contributed by atoms with E-state index in [4.69, 9.17) is 17.3 Å². The number of hydrogen-bond donors (Lipinski definition) is 2. The first kappa shape index (κ1) is 9.31. The number of aromatic amines is 1. The van der Waals surface area contributed by atoms with Gasteiger partial charge in [-0.2, -0.15) is 0 Å². The van der Waals surface area contributed by atoms with Gasteiger partial charge in [0.15, 0.2) is 0 Å². The molecule has 0 atom stereocenters. The van der Waals surface area contributed by atoms with Crippen LogP contribution in [0, 0.1) is 0 Å². The molecule has 2 aromatic rings. The molecule has 0 bridgehead atoms. The fraction of sp³-hybridized carbons (Fsp3) is 0.0909. The Labute approximate surface area is 87.7 Å². The van der Waals surface area contributed by atoms with E-state index in [1.165, 1.54) is 0 Å².